The maximum Gasteiger partial charge on any atom is 0.280 e. The van der Waals surface area contributed by atoms with Gasteiger partial charge in [-0.1, -0.05) is 35.2 Å². The molecule has 0 atom stereocenters. The number of amides is 2. The maximum atomic E-state index is 12.8. The average Bonchev–Trinajstić information content (AvgIpc) is 3.19. The van der Waals surface area contributed by atoms with E-state index < -0.39 is 0 Å². The van der Waals surface area contributed by atoms with Gasteiger partial charge in [-0.15, -0.1) is 0 Å². The zero-order chi connectivity index (χ0) is 18.3. The fourth-order valence-corrected chi connectivity index (χ4v) is 3.76. The summed E-state index contributed by atoms with van der Waals surface area (Å²) in [5, 5.41) is 6.38. The number of fused-ring (bicyclic) bond motifs is 1. The van der Waals surface area contributed by atoms with Crippen LogP contribution in [0.4, 0.5) is 5.69 Å². The molecule has 0 saturated carbocycles. The minimum Gasteiger partial charge on any atom is -0.490 e. The van der Waals surface area contributed by atoms with Gasteiger partial charge >= 0.3 is 0 Å². The Morgan fingerprint density at radius 3 is 2.96 bits per heavy atom. The molecule has 1 aromatic carbocycles. The van der Waals surface area contributed by atoms with E-state index in [1.807, 2.05) is 12.1 Å². The van der Waals surface area contributed by atoms with E-state index >= 15 is 0 Å². The van der Waals surface area contributed by atoms with Crippen LogP contribution in [0, 0.1) is 6.92 Å². The van der Waals surface area contributed by atoms with Crippen LogP contribution in [0.5, 0.6) is 5.75 Å². The number of ether oxygens (including phenoxy) is 1. The van der Waals surface area contributed by atoms with Crippen molar-refractivity contribution in [1.29, 1.82) is 0 Å². The highest BCUT2D eigenvalue weighted by atomic mass is 32.2. The van der Waals surface area contributed by atoms with Crippen molar-refractivity contribution >= 4 is 51.9 Å². The number of nitrogens with zero attached hydrogens (tertiary/aromatic N) is 2. The lowest BCUT2D eigenvalue weighted by atomic mass is 10.1. The van der Waals surface area contributed by atoms with Gasteiger partial charge in [0, 0.05) is 6.07 Å². The molecule has 1 saturated heterocycles. The highest BCUT2D eigenvalue weighted by Gasteiger charge is 2.27. The molecule has 2 aliphatic rings. The van der Waals surface area contributed by atoms with Gasteiger partial charge in [-0.2, -0.15) is 0 Å². The predicted molar refractivity (Wildman–Crippen MR) is 101 cm³/mol. The molecular weight excluding hydrogens is 374 g/mol. The van der Waals surface area contributed by atoms with Crippen LogP contribution >= 0.6 is 24.0 Å². The molecule has 26 heavy (non-hydrogen) atoms. The van der Waals surface area contributed by atoms with Crippen molar-refractivity contribution in [2.75, 3.05) is 18.1 Å². The predicted octanol–water partition coefficient (Wildman–Crippen LogP) is 2.51. The molecule has 7 nitrogen and oxygen atoms in total. The third kappa shape index (κ3) is 3.11. The number of aromatic nitrogens is 1. The largest absolute Gasteiger partial charge is 0.490 e. The molecule has 1 fully saturated rings. The monoisotopic (exact) mass is 387 g/mol. The van der Waals surface area contributed by atoms with Gasteiger partial charge in [0.1, 0.15) is 22.4 Å². The van der Waals surface area contributed by atoms with E-state index in [4.69, 9.17) is 21.5 Å². The standard InChI is InChI=1S/C17H13N3O4S2/c1-9-6-11(19-24-9)16(22)20-4-5-23-13-3-2-10(7-12(13)20)8-14-15(21)18-17(25)26-14/h2-3,6-8H,4-5H2,1H3,(H,18,21,25). The molecule has 132 valence electrons. The summed E-state index contributed by atoms with van der Waals surface area (Å²) < 4.78 is 11.1. The summed E-state index contributed by atoms with van der Waals surface area (Å²) in [7, 11) is 0. The van der Waals surface area contributed by atoms with Gasteiger partial charge in [-0.3, -0.25) is 14.5 Å². The number of hydrogen-bond acceptors (Lipinski definition) is 7. The fraction of sp³-hybridized carbons (Fsp3) is 0.176. The van der Waals surface area contributed by atoms with Gasteiger partial charge in [-0.05, 0) is 30.7 Å². The van der Waals surface area contributed by atoms with Gasteiger partial charge < -0.3 is 14.6 Å². The van der Waals surface area contributed by atoms with Crippen LogP contribution in [0.2, 0.25) is 0 Å². The van der Waals surface area contributed by atoms with E-state index in [1.54, 1.807) is 30.0 Å². The van der Waals surface area contributed by atoms with Crippen LogP contribution in [0.25, 0.3) is 6.08 Å². The molecule has 2 aromatic rings. The highest BCUT2D eigenvalue weighted by molar-refractivity contribution is 8.26. The first-order valence-corrected chi connectivity index (χ1v) is 9.00. The number of carbonyl (C=O) groups excluding carboxylic acids is 2. The first-order valence-electron chi connectivity index (χ1n) is 7.78. The normalized spacial score (nSPS) is 17.9. The summed E-state index contributed by atoms with van der Waals surface area (Å²) in [4.78, 5) is 26.7. The number of anilines is 1. The fourth-order valence-electron chi connectivity index (χ4n) is 2.71. The topological polar surface area (TPSA) is 84.7 Å². The molecule has 0 bridgehead atoms. The lowest BCUT2D eigenvalue weighted by Crippen LogP contribution is -2.38. The van der Waals surface area contributed by atoms with E-state index in [-0.39, 0.29) is 17.5 Å². The molecule has 2 aliphatic heterocycles. The number of thiocarbonyl (C=S) groups is 1. The van der Waals surface area contributed by atoms with Crippen LogP contribution in [-0.2, 0) is 4.79 Å². The number of benzene rings is 1. The molecule has 0 aliphatic carbocycles. The lowest BCUT2D eigenvalue weighted by molar-refractivity contribution is -0.115. The maximum absolute atomic E-state index is 12.8. The summed E-state index contributed by atoms with van der Waals surface area (Å²) in [6, 6.07) is 7.02. The molecule has 1 N–H and O–H groups in total. The van der Waals surface area contributed by atoms with E-state index in [1.165, 1.54) is 11.8 Å². The number of rotatable bonds is 2. The second-order valence-electron chi connectivity index (χ2n) is 5.71. The van der Waals surface area contributed by atoms with Gasteiger partial charge in [0.25, 0.3) is 11.8 Å². The highest BCUT2D eigenvalue weighted by Crippen LogP contribution is 2.35. The minimum atomic E-state index is -0.259. The van der Waals surface area contributed by atoms with Crippen molar-refractivity contribution in [1.82, 2.24) is 10.5 Å². The summed E-state index contributed by atoms with van der Waals surface area (Å²) in [6.45, 7) is 2.52. The van der Waals surface area contributed by atoms with Crippen LogP contribution in [0.1, 0.15) is 21.8 Å². The number of thioether (sulfide) groups is 1. The van der Waals surface area contributed by atoms with Gasteiger partial charge in [-0.25, -0.2) is 0 Å². The molecule has 0 spiro atoms. The van der Waals surface area contributed by atoms with Gasteiger partial charge in [0.2, 0.25) is 0 Å². The van der Waals surface area contributed by atoms with E-state index in [0.29, 0.717) is 39.6 Å². The molecule has 3 heterocycles. The van der Waals surface area contributed by atoms with Crippen LogP contribution in [-0.4, -0.2) is 34.4 Å². The summed E-state index contributed by atoms with van der Waals surface area (Å²) in [5.74, 6) is 0.692. The van der Waals surface area contributed by atoms with Crippen molar-refractivity contribution < 1.29 is 18.8 Å². The minimum absolute atomic E-state index is 0.222. The van der Waals surface area contributed by atoms with Crippen molar-refractivity contribution in [2.24, 2.45) is 0 Å². The zero-order valence-electron chi connectivity index (χ0n) is 13.6. The summed E-state index contributed by atoms with van der Waals surface area (Å²) >= 11 is 6.21. The van der Waals surface area contributed by atoms with E-state index in [0.717, 1.165) is 5.56 Å². The van der Waals surface area contributed by atoms with Crippen molar-refractivity contribution in [3.63, 3.8) is 0 Å². The first-order chi connectivity index (χ1) is 12.5. The Balaban J connectivity index is 1.69. The molecule has 1 aromatic heterocycles. The Bertz CT molecular complexity index is 967. The quantitative estimate of drug-likeness (QED) is 0.626. The number of aryl methyl sites for hydroxylation is 1. The SMILES string of the molecule is Cc1cc(C(=O)N2CCOc3ccc(C=C4SC(=S)NC4=O)cc32)no1. The molecule has 9 heteroatoms. The first kappa shape index (κ1) is 16.8. The summed E-state index contributed by atoms with van der Waals surface area (Å²) in [6.07, 6.45) is 1.73. The van der Waals surface area contributed by atoms with E-state index in [2.05, 4.69) is 10.5 Å². The van der Waals surface area contributed by atoms with E-state index in [9.17, 15) is 9.59 Å². The Morgan fingerprint density at radius 1 is 1.42 bits per heavy atom. The Kier molecular flexibility index (Phi) is 4.25. The van der Waals surface area contributed by atoms with Crippen LogP contribution in [0.15, 0.2) is 33.7 Å². The summed E-state index contributed by atoms with van der Waals surface area (Å²) in [5.41, 5.74) is 1.64. The molecule has 4 rings (SSSR count). The number of carbonyl (C=O) groups is 2. The zero-order valence-corrected chi connectivity index (χ0v) is 15.3. The molecule has 0 radical (unpaired) electrons. The number of nitrogens with one attached hydrogen (secondary N) is 1. The van der Waals surface area contributed by atoms with Gasteiger partial charge in [0.05, 0.1) is 17.1 Å². The lowest BCUT2D eigenvalue weighted by Gasteiger charge is -2.29. The Hall–Kier alpha value is -2.65. The number of hydrogen-bond donors (Lipinski definition) is 1. The third-order valence-electron chi connectivity index (χ3n) is 3.88. The second kappa shape index (κ2) is 6.58. The third-order valence-corrected chi connectivity index (χ3v) is 5.04. The second-order valence-corrected chi connectivity index (χ2v) is 7.43. The van der Waals surface area contributed by atoms with Gasteiger partial charge in [0.15, 0.2) is 5.69 Å². The molecular formula is C17H13N3O4S2. The molecule has 2 amide bonds. The van der Waals surface area contributed by atoms with Crippen molar-refractivity contribution in [3.05, 3.63) is 46.2 Å². The average molecular weight is 387 g/mol. The van der Waals surface area contributed by atoms with Crippen LogP contribution < -0.4 is 15.0 Å². The smallest absolute Gasteiger partial charge is 0.280 e. The van der Waals surface area contributed by atoms with Crippen molar-refractivity contribution in [2.45, 2.75) is 6.92 Å². The Labute approximate surface area is 158 Å². The van der Waals surface area contributed by atoms with Crippen LogP contribution in [0.3, 0.4) is 0 Å². The molecule has 0 unspecified atom stereocenters. The Morgan fingerprint density at radius 2 is 2.27 bits per heavy atom. The van der Waals surface area contributed by atoms with Crippen molar-refractivity contribution in [3.8, 4) is 5.75 Å².